The molecular weight excluding hydrogens is 361 g/mol. The molecule has 4 nitrogen and oxygen atoms in total. The molecule has 0 atom stereocenters. The van der Waals surface area contributed by atoms with Crippen LogP contribution in [0.4, 0.5) is 5.69 Å². The molecule has 0 unspecified atom stereocenters. The number of aromatic hydroxyl groups is 1. The first kappa shape index (κ1) is 17.6. The Balaban J connectivity index is 2.36. The van der Waals surface area contributed by atoms with Gasteiger partial charge in [0.15, 0.2) is 0 Å². The Labute approximate surface area is 148 Å². The number of phenolic OH excluding ortho intramolecular Hbond substituents is 1. The van der Waals surface area contributed by atoms with Gasteiger partial charge in [0.1, 0.15) is 5.75 Å². The summed E-state index contributed by atoms with van der Waals surface area (Å²) in [5.41, 5.74) is 1.02. The lowest BCUT2D eigenvalue weighted by Gasteiger charge is -2.05. The van der Waals surface area contributed by atoms with E-state index in [4.69, 9.17) is 39.5 Å². The minimum absolute atomic E-state index is 0.116. The van der Waals surface area contributed by atoms with Crippen molar-refractivity contribution in [2.45, 2.75) is 6.92 Å². The molecule has 0 saturated carbocycles. The van der Waals surface area contributed by atoms with Crippen molar-refractivity contribution in [3.05, 3.63) is 56.5 Å². The van der Waals surface area contributed by atoms with Crippen molar-refractivity contribution in [3.63, 3.8) is 0 Å². The number of halogens is 3. The van der Waals surface area contributed by atoms with Gasteiger partial charge in [0.2, 0.25) is 0 Å². The van der Waals surface area contributed by atoms with Crippen molar-refractivity contribution in [2.24, 2.45) is 4.99 Å². The SMILES string of the molecule is CCOC(=O)c1ccc(Cl)c(N=Cc2cc(Cl)cc(Cl)c2O)c1. The van der Waals surface area contributed by atoms with Gasteiger partial charge in [0, 0.05) is 16.8 Å². The first-order chi connectivity index (χ1) is 10.9. The molecule has 0 aliphatic heterocycles. The van der Waals surface area contributed by atoms with Crippen LogP contribution in [0.15, 0.2) is 35.3 Å². The van der Waals surface area contributed by atoms with Crippen LogP contribution < -0.4 is 0 Å². The van der Waals surface area contributed by atoms with Crippen molar-refractivity contribution < 1.29 is 14.6 Å². The van der Waals surface area contributed by atoms with Gasteiger partial charge in [-0.1, -0.05) is 34.8 Å². The Bertz CT molecular complexity index is 775. The van der Waals surface area contributed by atoms with Gasteiger partial charge in [-0.3, -0.25) is 4.99 Å². The summed E-state index contributed by atoms with van der Waals surface area (Å²) in [6.07, 6.45) is 1.36. The highest BCUT2D eigenvalue weighted by atomic mass is 35.5. The largest absolute Gasteiger partial charge is 0.506 e. The number of esters is 1. The smallest absolute Gasteiger partial charge is 0.338 e. The molecule has 0 radical (unpaired) electrons. The third-order valence-electron chi connectivity index (χ3n) is 2.86. The fourth-order valence-corrected chi connectivity index (χ4v) is 2.45. The number of carbonyl (C=O) groups is 1. The number of rotatable bonds is 4. The number of nitrogens with zero attached hydrogens (tertiary/aromatic N) is 1. The molecule has 0 fully saturated rings. The van der Waals surface area contributed by atoms with Gasteiger partial charge in [-0.05, 0) is 37.3 Å². The van der Waals surface area contributed by atoms with Crippen molar-refractivity contribution in [2.75, 3.05) is 6.61 Å². The Kier molecular flexibility index (Phi) is 5.88. The molecular formula is C16H12Cl3NO3. The number of hydrogen-bond acceptors (Lipinski definition) is 4. The van der Waals surface area contributed by atoms with Crippen molar-refractivity contribution in [1.29, 1.82) is 0 Å². The molecule has 0 spiro atoms. The van der Waals surface area contributed by atoms with E-state index in [-0.39, 0.29) is 17.4 Å². The van der Waals surface area contributed by atoms with Gasteiger partial charge in [0.25, 0.3) is 0 Å². The number of hydrogen-bond donors (Lipinski definition) is 1. The van der Waals surface area contributed by atoms with Crippen molar-refractivity contribution in [1.82, 2.24) is 0 Å². The normalized spacial score (nSPS) is 11.0. The van der Waals surface area contributed by atoms with Gasteiger partial charge in [0.05, 0.1) is 27.9 Å². The summed E-state index contributed by atoms with van der Waals surface area (Å²) in [6.45, 7) is 1.99. The highest BCUT2D eigenvalue weighted by molar-refractivity contribution is 6.36. The maximum Gasteiger partial charge on any atom is 0.338 e. The summed E-state index contributed by atoms with van der Waals surface area (Å²) < 4.78 is 4.93. The summed E-state index contributed by atoms with van der Waals surface area (Å²) in [5, 5.41) is 10.7. The summed E-state index contributed by atoms with van der Waals surface area (Å²) in [7, 11) is 0. The second-order valence-corrected chi connectivity index (χ2v) is 5.72. The lowest BCUT2D eigenvalue weighted by atomic mass is 10.2. The Hall–Kier alpha value is -1.75. The molecule has 120 valence electrons. The Morgan fingerprint density at radius 1 is 1.22 bits per heavy atom. The van der Waals surface area contributed by atoms with Gasteiger partial charge in [-0.15, -0.1) is 0 Å². The molecule has 0 aromatic heterocycles. The highest BCUT2D eigenvalue weighted by Crippen LogP contribution is 2.31. The molecule has 0 aliphatic carbocycles. The zero-order chi connectivity index (χ0) is 17.0. The maximum absolute atomic E-state index is 11.7. The summed E-state index contributed by atoms with van der Waals surface area (Å²) in [5.74, 6) is -0.605. The first-order valence-corrected chi connectivity index (χ1v) is 7.74. The van der Waals surface area contributed by atoms with E-state index in [0.717, 1.165) is 0 Å². The van der Waals surface area contributed by atoms with Crippen LogP contribution >= 0.6 is 34.8 Å². The molecule has 0 saturated heterocycles. The molecule has 0 heterocycles. The van der Waals surface area contributed by atoms with E-state index in [9.17, 15) is 9.90 Å². The summed E-state index contributed by atoms with van der Waals surface area (Å²) >= 11 is 17.8. The topological polar surface area (TPSA) is 58.9 Å². The van der Waals surface area contributed by atoms with Crippen LogP contribution in [0, 0.1) is 0 Å². The van der Waals surface area contributed by atoms with Crippen LogP contribution in [-0.2, 0) is 4.74 Å². The predicted molar refractivity (Wildman–Crippen MR) is 92.8 cm³/mol. The molecule has 2 aromatic rings. The van der Waals surface area contributed by atoms with Crippen LogP contribution in [0.25, 0.3) is 0 Å². The van der Waals surface area contributed by atoms with E-state index in [1.54, 1.807) is 19.1 Å². The number of ether oxygens (including phenoxy) is 1. The highest BCUT2D eigenvalue weighted by Gasteiger charge is 2.10. The standard InChI is InChI=1S/C16H12Cl3NO3/c1-2-23-16(22)9-3-4-12(18)14(6-9)20-8-10-5-11(17)7-13(19)15(10)21/h3-8,21H,2H2,1H3. The second-order valence-electron chi connectivity index (χ2n) is 4.47. The zero-order valence-corrected chi connectivity index (χ0v) is 14.3. The maximum atomic E-state index is 11.7. The molecule has 0 amide bonds. The minimum Gasteiger partial charge on any atom is -0.506 e. The van der Waals surface area contributed by atoms with Gasteiger partial charge < -0.3 is 9.84 Å². The van der Waals surface area contributed by atoms with Crippen molar-refractivity contribution >= 4 is 52.7 Å². The molecule has 2 aromatic carbocycles. The monoisotopic (exact) mass is 371 g/mol. The fraction of sp³-hybridized carbons (Fsp3) is 0.125. The van der Waals surface area contributed by atoms with E-state index in [1.807, 2.05) is 0 Å². The lowest BCUT2D eigenvalue weighted by Crippen LogP contribution is -2.04. The number of aliphatic imine (C=N–C) groups is 1. The van der Waals surface area contributed by atoms with Crippen LogP contribution in [0.1, 0.15) is 22.8 Å². The molecule has 1 N–H and O–H groups in total. The van der Waals surface area contributed by atoms with E-state index in [0.29, 0.717) is 26.9 Å². The predicted octanol–water partition coefficient (Wildman–Crippen LogP) is 5.28. The van der Waals surface area contributed by atoms with Gasteiger partial charge >= 0.3 is 5.97 Å². The quantitative estimate of drug-likeness (QED) is 0.587. The van der Waals surface area contributed by atoms with Crippen molar-refractivity contribution in [3.8, 4) is 5.75 Å². The Morgan fingerprint density at radius 3 is 2.65 bits per heavy atom. The third-order valence-corrected chi connectivity index (χ3v) is 3.68. The van der Waals surface area contributed by atoms with Crippen LogP contribution in [-0.4, -0.2) is 23.9 Å². The molecule has 23 heavy (non-hydrogen) atoms. The summed E-state index contributed by atoms with van der Waals surface area (Å²) in [6, 6.07) is 7.53. The lowest BCUT2D eigenvalue weighted by molar-refractivity contribution is 0.0526. The second kappa shape index (κ2) is 7.68. The van der Waals surface area contributed by atoms with Crippen LogP contribution in [0.2, 0.25) is 15.1 Å². The molecule has 7 heteroatoms. The third kappa shape index (κ3) is 4.38. The summed E-state index contributed by atoms with van der Waals surface area (Å²) in [4.78, 5) is 15.9. The van der Waals surface area contributed by atoms with Gasteiger partial charge in [-0.2, -0.15) is 0 Å². The minimum atomic E-state index is -0.464. The average Bonchev–Trinajstić information content (AvgIpc) is 2.51. The van der Waals surface area contributed by atoms with E-state index in [1.165, 1.54) is 24.4 Å². The molecule has 2 rings (SSSR count). The van der Waals surface area contributed by atoms with Crippen LogP contribution in [0.5, 0.6) is 5.75 Å². The number of carbonyl (C=O) groups excluding carboxylic acids is 1. The Morgan fingerprint density at radius 2 is 1.96 bits per heavy atom. The molecule has 0 aliphatic rings. The zero-order valence-electron chi connectivity index (χ0n) is 12.0. The number of phenols is 1. The molecule has 0 bridgehead atoms. The average molecular weight is 373 g/mol. The fourth-order valence-electron chi connectivity index (χ4n) is 1.78. The van der Waals surface area contributed by atoms with Gasteiger partial charge in [-0.25, -0.2) is 4.79 Å². The number of benzene rings is 2. The van der Waals surface area contributed by atoms with E-state index >= 15 is 0 Å². The first-order valence-electron chi connectivity index (χ1n) is 6.61. The van der Waals surface area contributed by atoms with Crippen LogP contribution in [0.3, 0.4) is 0 Å². The van der Waals surface area contributed by atoms with E-state index < -0.39 is 5.97 Å². The van der Waals surface area contributed by atoms with E-state index in [2.05, 4.69) is 4.99 Å².